The van der Waals surface area contributed by atoms with E-state index in [1.807, 2.05) is 0 Å². The number of ether oxygens (including phenoxy) is 2. The molecule has 0 aliphatic heterocycles. The van der Waals surface area contributed by atoms with E-state index in [0.717, 1.165) is 0 Å². The highest BCUT2D eigenvalue weighted by atomic mass is 19.4. The molecule has 0 spiro atoms. The number of benzene rings is 1. The van der Waals surface area contributed by atoms with Crippen LogP contribution in [0.25, 0.3) is 0 Å². The molecule has 1 aromatic rings. The van der Waals surface area contributed by atoms with Gasteiger partial charge >= 0.3 is 24.0 Å². The minimum absolute atomic E-state index is 0.136. The monoisotopic (exact) mass is 404 g/mol. The molecule has 0 aromatic heterocycles. The summed E-state index contributed by atoms with van der Waals surface area (Å²) in [5.41, 5.74) is 0.387. The van der Waals surface area contributed by atoms with Crippen LogP contribution in [-0.4, -0.2) is 43.0 Å². The lowest BCUT2D eigenvalue weighted by atomic mass is 10.0. The van der Waals surface area contributed by atoms with Crippen molar-refractivity contribution < 1.29 is 49.8 Å². The van der Waals surface area contributed by atoms with Crippen LogP contribution in [-0.2, 0) is 9.53 Å². The highest BCUT2D eigenvalue weighted by Crippen LogP contribution is 2.46. The Morgan fingerprint density at radius 1 is 0.926 bits per heavy atom. The van der Waals surface area contributed by atoms with Gasteiger partial charge in [-0.1, -0.05) is 13.8 Å². The lowest BCUT2D eigenvalue weighted by Gasteiger charge is -2.26. The second-order valence-electron chi connectivity index (χ2n) is 5.67. The molecule has 0 N–H and O–H groups in total. The van der Waals surface area contributed by atoms with E-state index in [9.17, 15) is 40.3 Å². The number of carbonyl (C=O) groups is 2. The summed E-state index contributed by atoms with van der Waals surface area (Å²) in [6, 6.07) is 5.54. The second kappa shape index (κ2) is 8.13. The average molecular weight is 404 g/mol. The zero-order valence-electron chi connectivity index (χ0n) is 14.1. The van der Waals surface area contributed by atoms with Gasteiger partial charge < -0.3 is 9.47 Å². The van der Waals surface area contributed by atoms with Gasteiger partial charge in [0.25, 0.3) is 0 Å². The molecule has 27 heavy (non-hydrogen) atoms. The quantitative estimate of drug-likeness (QED) is 0.281. The number of carbonyl (C=O) groups excluding carboxylic acids is 2. The Labute approximate surface area is 149 Å². The number of ketones is 1. The van der Waals surface area contributed by atoms with Crippen molar-refractivity contribution in [3.05, 3.63) is 29.8 Å². The highest BCUT2D eigenvalue weighted by molar-refractivity contribution is 5.97. The average Bonchev–Trinajstić information content (AvgIpc) is 2.57. The predicted octanol–water partition coefficient (Wildman–Crippen LogP) is 4.28. The van der Waals surface area contributed by atoms with Crippen LogP contribution in [0.1, 0.15) is 24.2 Å². The third kappa shape index (κ3) is 5.10. The Hall–Kier alpha value is -2.33. The van der Waals surface area contributed by atoms with Crippen LogP contribution in [0.3, 0.4) is 0 Å². The van der Waals surface area contributed by atoms with Crippen molar-refractivity contribution in [3.63, 3.8) is 0 Å². The van der Waals surface area contributed by atoms with Gasteiger partial charge in [-0.25, -0.2) is 4.79 Å². The van der Waals surface area contributed by atoms with Gasteiger partial charge in [-0.3, -0.25) is 4.79 Å². The number of Topliss-reactive ketones (excluding diaryl/α,β-unsaturated/α-hetero) is 1. The molecule has 152 valence electrons. The van der Waals surface area contributed by atoms with Crippen molar-refractivity contribution in [2.75, 3.05) is 13.2 Å². The summed E-state index contributed by atoms with van der Waals surface area (Å²) in [6.07, 6.45) is -6.62. The molecule has 0 amide bonds. The minimum atomic E-state index is -6.62. The van der Waals surface area contributed by atoms with E-state index in [4.69, 9.17) is 4.74 Å². The molecule has 0 saturated heterocycles. The first-order chi connectivity index (χ1) is 12.2. The molecule has 0 bridgehead atoms. The third-order valence-electron chi connectivity index (χ3n) is 3.26. The van der Waals surface area contributed by atoms with E-state index in [1.165, 1.54) is 24.3 Å². The molecule has 0 aliphatic rings. The first kappa shape index (κ1) is 22.7. The molecule has 1 rings (SSSR count). The maximum atomic E-state index is 13.0. The summed E-state index contributed by atoms with van der Waals surface area (Å²) in [5, 5.41) is 0. The number of halogens is 7. The molecule has 0 heterocycles. The maximum absolute atomic E-state index is 13.0. The molecule has 0 atom stereocenters. The van der Waals surface area contributed by atoms with Gasteiger partial charge in [0, 0.05) is 11.5 Å². The fourth-order valence-corrected chi connectivity index (χ4v) is 1.74. The molecule has 0 saturated carbocycles. The van der Waals surface area contributed by atoms with Gasteiger partial charge in [0.2, 0.25) is 0 Å². The van der Waals surface area contributed by atoms with Crippen LogP contribution in [0.2, 0.25) is 0 Å². The standard InChI is InChI=1S/C16H15F7O4/c1-9(2)12(24)10-3-5-11(6-4-10)26-7-8-27-13(25)14(17,18)15(19,20)16(21,22)23/h3-6,9H,7-8H2,1-2H3. The molecule has 11 heteroatoms. The van der Waals surface area contributed by atoms with Crippen LogP contribution in [0, 0.1) is 5.92 Å². The third-order valence-corrected chi connectivity index (χ3v) is 3.26. The van der Waals surface area contributed by atoms with E-state index in [-0.39, 0.29) is 17.5 Å². The smallest absolute Gasteiger partial charge is 0.460 e. The zero-order chi connectivity index (χ0) is 21.0. The van der Waals surface area contributed by atoms with Crippen LogP contribution in [0.15, 0.2) is 24.3 Å². The summed E-state index contributed by atoms with van der Waals surface area (Å²) in [7, 11) is 0. The van der Waals surface area contributed by atoms with Crippen molar-refractivity contribution in [2.45, 2.75) is 31.9 Å². The summed E-state index contributed by atoms with van der Waals surface area (Å²) in [5.74, 6) is -15.9. The van der Waals surface area contributed by atoms with Crippen molar-refractivity contribution >= 4 is 11.8 Å². The van der Waals surface area contributed by atoms with Gasteiger partial charge in [0.1, 0.15) is 19.0 Å². The summed E-state index contributed by atoms with van der Waals surface area (Å²) in [4.78, 5) is 22.6. The molecule has 0 aliphatic carbocycles. The van der Waals surface area contributed by atoms with Gasteiger partial charge in [0.05, 0.1) is 0 Å². The van der Waals surface area contributed by atoms with Crippen LogP contribution < -0.4 is 4.74 Å². The molecule has 0 unspecified atom stereocenters. The van der Waals surface area contributed by atoms with Crippen LogP contribution in [0.5, 0.6) is 5.75 Å². The zero-order valence-corrected chi connectivity index (χ0v) is 14.1. The van der Waals surface area contributed by atoms with E-state index in [0.29, 0.717) is 5.56 Å². The van der Waals surface area contributed by atoms with Gasteiger partial charge in [0.15, 0.2) is 5.78 Å². The van der Waals surface area contributed by atoms with Crippen molar-refractivity contribution in [1.82, 2.24) is 0 Å². The Kier molecular flexibility index (Phi) is 6.84. The van der Waals surface area contributed by atoms with Gasteiger partial charge in [-0.2, -0.15) is 30.7 Å². The Balaban J connectivity index is 2.56. The first-order valence-corrected chi connectivity index (χ1v) is 7.48. The van der Waals surface area contributed by atoms with E-state index < -0.39 is 37.2 Å². The first-order valence-electron chi connectivity index (χ1n) is 7.48. The largest absolute Gasteiger partial charge is 0.490 e. The van der Waals surface area contributed by atoms with Crippen molar-refractivity contribution in [3.8, 4) is 5.75 Å². The Morgan fingerprint density at radius 3 is 1.89 bits per heavy atom. The van der Waals surface area contributed by atoms with Gasteiger partial charge in [-0.15, -0.1) is 0 Å². The maximum Gasteiger partial charge on any atom is 0.460 e. The molecule has 0 radical (unpaired) electrons. The molecule has 0 fully saturated rings. The fraction of sp³-hybridized carbons (Fsp3) is 0.500. The molecular formula is C16H15F7O4. The second-order valence-corrected chi connectivity index (χ2v) is 5.67. The number of esters is 1. The number of hydrogen-bond acceptors (Lipinski definition) is 4. The molecular weight excluding hydrogens is 389 g/mol. The lowest BCUT2D eigenvalue weighted by Crippen LogP contribution is -2.56. The number of rotatable bonds is 8. The summed E-state index contributed by atoms with van der Waals surface area (Å²) < 4.78 is 95.9. The van der Waals surface area contributed by atoms with Crippen molar-refractivity contribution in [1.29, 1.82) is 0 Å². The number of hydrogen-bond donors (Lipinski definition) is 0. The normalized spacial score (nSPS) is 12.8. The lowest BCUT2D eigenvalue weighted by molar-refractivity contribution is -0.348. The van der Waals surface area contributed by atoms with E-state index in [1.54, 1.807) is 13.8 Å². The Morgan fingerprint density at radius 2 is 1.44 bits per heavy atom. The SMILES string of the molecule is CC(C)C(=O)c1ccc(OCCOC(=O)C(F)(F)C(F)(F)C(F)(F)F)cc1. The van der Waals surface area contributed by atoms with E-state index >= 15 is 0 Å². The Bertz CT molecular complexity index is 666. The predicted molar refractivity (Wildman–Crippen MR) is 78.0 cm³/mol. The summed E-state index contributed by atoms with van der Waals surface area (Å²) >= 11 is 0. The summed E-state index contributed by atoms with van der Waals surface area (Å²) in [6.45, 7) is 1.81. The molecule has 4 nitrogen and oxygen atoms in total. The van der Waals surface area contributed by atoms with Crippen LogP contribution >= 0.6 is 0 Å². The topological polar surface area (TPSA) is 52.6 Å². The molecule has 1 aromatic carbocycles. The van der Waals surface area contributed by atoms with Crippen molar-refractivity contribution in [2.24, 2.45) is 5.92 Å². The fourth-order valence-electron chi connectivity index (χ4n) is 1.74. The number of alkyl halides is 7. The van der Waals surface area contributed by atoms with E-state index in [2.05, 4.69) is 4.74 Å². The van der Waals surface area contributed by atoms with Crippen LogP contribution in [0.4, 0.5) is 30.7 Å². The highest BCUT2D eigenvalue weighted by Gasteiger charge is 2.77. The minimum Gasteiger partial charge on any atom is -0.490 e. The van der Waals surface area contributed by atoms with Gasteiger partial charge in [-0.05, 0) is 24.3 Å².